The predicted molar refractivity (Wildman–Crippen MR) is 63.1 cm³/mol. The average molecular weight is 289 g/mol. The van der Waals surface area contributed by atoms with Gasteiger partial charge in [-0.15, -0.1) is 11.6 Å². The second-order valence-corrected chi connectivity index (χ2v) is 3.87. The molecule has 0 unspecified atom stereocenters. The Labute approximate surface area is 112 Å². The third-order valence-electron chi connectivity index (χ3n) is 2.22. The zero-order valence-corrected chi connectivity index (χ0v) is 10.2. The maximum atomic E-state index is 12.4. The SMILES string of the molecule is FC(F)(F)c1ccc(Oc2cnc(CCl)cn2)cc1. The third kappa shape index (κ3) is 3.57. The van der Waals surface area contributed by atoms with E-state index in [4.69, 9.17) is 16.3 Å². The summed E-state index contributed by atoms with van der Waals surface area (Å²) in [6.07, 6.45) is -1.57. The molecule has 3 nitrogen and oxygen atoms in total. The van der Waals surface area contributed by atoms with Gasteiger partial charge in [-0.25, -0.2) is 4.98 Å². The molecule has 0 bridgehead atoms. The Balaban J connectivity index is 2.10. The zero-order chi connectivity index (χ0) is 13.9. The normalized spacial score (nSPS) is 11.4. The molecule has 0 radical (unpaired) electrons. The highest BCUT2D eigenvalue weighted by atomic mass is 35.5. The molecule has 0 aliphatic carbocycles. The van der Waals surface area contributed by atoms with Crippen molar-refractivity contribution in [1.82, 2.24) is 9.97 Å². The number of nitrogens with zero attached hydrogens (tertiary/aromatic N) is 2. The van der Waals surface area contributed by atoms with Gasteiger partial charge in [0.1, 0.15) is 5.75 Å². The second-order valence-electron chi connectivity index (χ2n) is 3.60. The van der Waals surface area contributed by atoms with Crippen molar-refractivity contribution in [2.45, 2.75) is 12.1 Å². The molecule has 1 aromatic carbocycles. The number of ether oxygens (including phenoxy) is 1. The summed E-state index contributed by atoms with van der Waals surface area (Å²) < 4.78 is 42.3. The Morgan fingerprint density at radius 2 is 1.74 bits per heavy atom. The van der Waals surface area contributed by atoms with Crippen molar-refractivity contribution in [3.05, 3.63) is 47.9 Å². The molecule has 0 aliphatic heterocycles. The molecule has 19 heavy (non-hydrogen) atoms. The van der Waals surface area contributed by atoms with Crippen molar-refractivity contribution in [2.75, 3.05) is 0 Å². The quantitative estimate of drug-likeness (QED) is 0.800. The topological polar surface area (TPSA) is 35.0 Å². The van der Waals surface area contributed by atoms with Gasteiger partial charge in [-0.2, -0.15) is 13.2 Å². The summed E-state index contributed by atoms with van der Waals surface area (Å²) in [5.74, 6) is 0.669. The van der Waals surface area contributed by atoms with E-state index in [9.17, 15) is 13.2 Å². The van der Waals surface area contributed by atoms with Crippen LogP contribution in [0.3, 0.4) is 0 Å². The minimum atomic E-state index is -4.36. The highest BCUT2D eigenvalue weighted by Crippen LogP contribution is 2.30. The zero-order valence-electron chi connectivity index (χ0n) is 9.49. The van der Waals surface area contributed by atoms with Crippen molar-refractivity contribution in [1.29, 1.82) is 0 Å². The maximum absolute atomic E-state index is 12.4. The molecule has 2 aromatic rings. The minimum absolute atomic E-state index is 0.189. The second kappa shape index (κ2) is 5.44. The average Bonchev–Trinajstić information content (AvgIpc) is 2.39. The van der Waals surface area contributed by atoms with Crippen LogP contribution in [-0.4, -0.2) is 9.97 Å². The first-order valence-electron chi connectivity index (χ1n) is 5.21. The lowest BCUT2D eigenvalue weighted by atomic mass is 10.2. The number of halogens is 4. The van der Waals surface area contributed by atoms with Gasteiger partial charge in [-0.1, -0.05) is 0 Å². The maximum Gasteiger partial charge on any atom is 0.416 e. The summed E-state index contributed by atoms with van der Waals surface area (Å²) in [5.41, 5.74) is -0.148. The molecule has 0 atom stereocenters. The van der Waals surface area contributed by atoms with E-state index in [1.807, 2.05) is 0 Å². The Hall–Kier alpha value is -1.82. The van der Waals surface area contributed by atoms with Crippen LogP contribution in [0.25, 0.3) is 0 Å². The lowest BCUT2D eigenvalue weighted by Crippen LogP contribution is -2.04. The molecular weight excluding hydrogens is 281 g/mol. The van der Waals surface area contributed by atoms with Crippen molar-refractivity contribution < 1.29 is 17.9 Å². The number of rotatable bonds is 3. The van der Waals surface area contributed by atoms with E-state index in [2.05, 4.69) is 9.97 Å². The van der Waals surface area contributed by atoms with Gasteiger partial charge in [0.15, 0.2) is 0 Å². The standard InChI is InChI=1S/C12H8ClF3N2O/c13-5-9-6-18-11(7-17-9)19-10-3-1-8(2-4-10)12(14,15)16/h1-4,6-7H,5H2. The number of hydrogen-bond acceptors (Lipinski definition) is 3. The molecule has 0 N–H and O–H groups in total. The molecule has 100 valence electrons. The van der Waals surface area contributed by atoms with E-state index in [-0.39, 0.29) is 17.5 Å². The van der Waals surface area contributed by atoms with Gasteiger partial charge in [-0.3, -0.25) is 4.98 Å². The summed E-state index contributed by atoms with van der Waals surface area (Å²) in [6, 6.07) is 4.33. The Kier molecular flexibility index (Phi) is 3.90. The van der Waals surface area contributed by atoms with Crippen LogP contribution in [0.4, 0.5) is 13.2 Å². The van der Waals surface area contributed by atoms with E-state index in [1.165, 1.54) is 24.5 Å². The van der Waals surface area contributed by atoms with Crippen LogP contribution in [0.5, 0.6) is 11.6 Å². The third-order valence-corrected chi connectivity index (χ3v) is 2.50. The van der Waals surface area contributed by atoms with Gasteiger partial charge in [0.25, 0.3) is 0 Å². The van der Waals surface area contributed by atoms with Gasteiger partial charge in [0.2, 0.25) is 5.88 Å². The lowest BCUT2D eigenvalue weighted by Gasteiger charge is -2.08. The highest BCUT2D eigenvalue weighted by Gasteiger charge is 2.30. The molecule has 0 aliphatic rings. The molecule has 1 heterocycles. The Morgan fingerprint density at radius 1 is 1.05 bits per heavy atom. The lowest BCUT2D eigenvalue weighted by molar-refractivity contribution is -0.137. The largest absolute Gasteiger partial charge is 0.438 e. The molecule has 2 rings (SSSR count). The van der Waals surface area contributed by atoms with Crippen molar-refractivity contribution in [2.24, 2.45) is 0 Å². The van der Waals surface area contributed by atoms with Crippen LogP contribution in [0.1, 0.15) is 11.3 Å². The number of aromatic nitrogens is 2. The summed E-state index contributed by atoms with van der Waals surface area (Å²) in [4.78, 5) is 7.88. The summed E-state index contributed by atoms with van der Waals surface area (Å²) >= 11 is 5.55. The van der Waals surface area contributed by atoms with E-state index < -0.39 is 11.7 Å². The van der Waals surface area contributed by atoms with Crippen LogP contribution in [0.15, 0.2) is 36.7 Å². The smallest absolute Gasteiger partial charge is 0.416 e. The monoisotopic (exact) mass is 288 g/mol. The van der Waals surface area contributed by atoms with Gasteiger partial charge >= 0.3 is 6.18 Å². The number of hydrogen-bond donors (Lipinski definition) is 0. The van der Waals surface area contributed by atoms with E-state index >= 15 is 0 Å². The highest BCUT2D eigenvalue weighted by molar-refractivity contribution is 6.16. The molecule has 0 saturated heterocycles. The molecule has 1 aromatic heterocycles. The van der Waals surface area contributed by atoms with Crippen molar-refractivity contribution in [3.8, 4) is 11.6 Å². The fraction of sp³-hybridized carbons (Fsp3) is 0.167. The Morgan fingerprint density at radius 3 is 2.21 bits per heavy atom. The fourth-order valence-electron chi connectivity index (χ4n) is 1.30. The van der Waals surface area contributed by atoms with Crippen LogP contribution in [-0.2, 0) is 12.1 Å². The molecule has 0 saturated carbocycles. The molecule has 0 amide bonds. The van der Waals surface area contributed by atoms with Gasteiger partial charge in [-0.05, 0) is 24.3 Å². The van der Waals surface area contributed by atoms with E-state index in [1.54, 1.807) is 0 Å². The van der Waals surface area contributed by atoms with E-state index in [0.29, 0.717) is 5.69 Å². The van der Waals surface area contributed by atoms with Crippen molar-refractivity contribution >= 4 is 11.6 Å². The van der Waals surface area contributed by atoms with Gasteiger partial charge < -0.3 is 4.74 Å². The molecular formula is C12H8ClF3N2O. The molecule has 0 spiro atoms. The van der Waals surface area contributed by atoms with Gasteiger partial charge in [0.05, 0.1) is 29.5 Å². The fourth-order valence-corrected chi connectivity index (χ4v) is 1.44. The van der Waals surface area contributed by atoms with E-state index in [0.717, 1.165) is 12.1 Å². The van der Waals surface area contributed by atoms with Crippen molar-refractivity contribution in [3.63, 3.8) is 0 Å². The minimum Gasteiger partial charge on any atom is -0.438 e. The summed E-state index contributed by atoms with van der Waals surface area (Å²) in [7, 11) is 0. The summed E-state index contributed by atoms with van der Waals surface area (Å²) in [5, 5.41) is 0. The first-order valence-corrected chi connectivity index (χ1v) is 5.74. The van der Waals surface area contributed by atoms with Crippen LogP contribution in [0, 0.1) is 0 Å². The van der Waals surface area contributed by atoms with Crippen LogP contribution < -0.4 is 4.74 Å². The first-order chi connectivity index (χ1) is 8.99. The van der Waals surface area contributed by atoms with Crippen LogP contribution in [0.2, 0.25) is 0 Å². The van der Waals surface area contributed by atoms with Gasteiger partial charge in [0, 0.05) is 0 Å². The number of benzene rings is 1. The molecule has 0 fully saturated rings. The molecule has 7 heteroatoms. The summed E-state index contributed by atoms with van der Waals surface area (Å²) in [6.45, 7) is 0. The predicted octanol–water partition coefficient (Wildman–Crippen LogP) is 4.03. The number of alkyl halides is 4. The Bertz CT molecular complexity index is 540. The first kappa shape index (κ1) is 13.6. The van der Waals surface area contributed by atoms with Crippen LogP contribution >= 0.6 is 11.6 Å².